The summed E-state index contributed by atoms with van der Waals surface area (Å²) in [5.41, 5.74) is 0.841. The van der Waals surface area contributed by atoms with E-state index in [1.54, 1.807) is 12.4 Å². The van der Waals surface area contributed by atoms with Gasteiger partial charge in [-0.3, -0.25) is 4.98 Å². The second-order valence-electron chi connectivity index (χ2n) is 5.71. The van der Waals surface area contributed by atoms with E-state index in [0.29, 0.717) is 37.1 Å². The van der Waals surface area contributed by atoms with E-state index in [1.807, 2.05) is 12.1 Å². The third-order valence-electron chi connectivity index (χ3n) is 3.95. The van der Waals surface area contributed by atoms with E-state index in [2.05, 4.69) is 25.3 Å². The van der Waals surface area contributed by atoms with Gasteiger partial charge in [-0.05, 0) is 25.0 Å². The Morgan fingerprint density at radius 3 is 2.75 bits per heavy atom. The molecule has 0 spiro atoms. The minimum absolute atomic E-state index is 0.264. The quantitative estimate of drug-likeness (QED) is 0.679. The Kier molecular flexibility index (Phi) is 4.28. The highest BCUT2D eigenvalue weighted by molar-refractivity contribution is 5.51. The van der Waals surface area contributed by atoms with Crippen LogP contribution in [0.5, 0.6) is 0 Å². The number of pyridine rings is 1. The molecule has 1 aliphatic heterocycles. The molecule has 3 aromatic rings. The number of aromatic nitrogens is 5. The standard InChI is InChI=1S/C16H17N5O3/c1(5-14-19-16(21-24-14)12-6-8-22-10-12)4-13-18-15(20-23-13)11-3-2-7-17-9-11/h2-3,7,9,12H,1,4-6,8,10H2/t12-/m1/s1. The van der Waals surface area contributed by atoms with Crippen LogP contribution in [0.15, 0.2) is 33.6 Å². The minimum atomic E-state index is 0.264. The molecule has 0 radical (unpaired) electrons. The Labute approximate surface area is 138 Å². The smallest absolute Gasteiger partial charge is 0.226 e. The van der Waals surface area contributed by atoms with Gasteiger partial charge in [0.1, 0.15) is 0 Å². The largest absolute Gasteiger partial charge is 0.381 e. The van der Waals surface area contributed by atoms with Crippen molar-refractivity contribution in [2.45, 2.75) is 31.6 Å². The first kappa shape index (κ1) is 14.9. The van der Waals surface area contributed by atoms with Crippen molar-refractivity contribution in [2.24, 2.45) is 0 Å². The van der Waals surface area contributed by atoms with Gasteiger partial charge in [0, 0.05) is 43.3 Å². The fourth-order valence-corrected chi connectivity index (χ4v) is 2.63. The van der Waals surface area contributed by atoms with Gasteiger partial charge in [-0.25, -0.2) is 0 Å². The van der Waals surface area contributed by atoms with Crippen LogP contribution < -0.4 is 0 Å². The van der Waals surface area contributed by atoms with E-state index < -0.39 is 0 Å². The van der Waals surface area contributed by atoms with Gasteiger partial charge in [0.25, 0.3) is 0 Å². The second kappa shape index (κ2) is 6.88. The molecular formula is C16H17N5O3. The molecule has 4 rings (SSSR count). The summed E-state index contributed by atoms with van der Waals surface area (Å²) >= 11 is 0. The summed E-state index contributed by atoms with van der Waals surface area (Å²) in [6.45, 7) is 1.45. The van der Waals surface area contributed by atoms with Crippen molar-refractivity contribution in [1.82, 2.24) is 25.3 Å². The topological polar surface area (TPSA) is 100.0 Å². The zero-order chi connectivity index (χ0) is 16.2. The molecule has 1 aliphatic rings. The second-order valence-corrected chi connectivity index (χ2v) is 5.71. The molecule has 0 amide bonds. The molecule has 124 valence electrons. The van der Waals surface area contributed by atoms with Crippen molar-refractivity contribution in [3.05, 3.63) is 42.1 Å². The van der Waals surface area contributed by atoms with Gasteiger partial charge in [-0.15, -0.1) is 0 Å². The number of nitrogens with zero attached hydrogens (tertiary/aromatic N) is 5. The fraction of sp³-hybridized carbons (Fsp3) is 0.438. The van der Waals surface area contributed by atoms with Gasteiger partial charge in [0.15, 0.2) is 5.82 Å². The molecule has 1 atom stereocenters. The van der Waals surface area contributed by atoms with Crippen LogP contribution in [-0.2, 0) is 17.6 Å². The SMILES string of the molecule is c1cncc(-c2noc(CCCc3nc([C@@H]4CCOC4)no3)n2)c1. The molecule has 0 unspecified atom stereocenters. The predicted octanol–water partition coefficient (Wildman–Crippen LogP) is 2.19. The monoisotopic (exact) mass is 327 g/mol. The lowest BCUT2D eigenvalue weighted by Crippen LogP contribution is -2.00. The zero-order valence-electron chi connectivity index (χ0n) is 13.1. The van der Waals surface area contributed by atoms with Crippen molar-refractivity contribution in [2.75, 3.05) is 13.2 Å². The summed E-state index contributed by atoms with van der Waals surface area (Å²) in [4.78, 5) is 12.9. The van der Waals surface area contributed by atoms with Crippen molar-refractivity contribution >= 4 is 0 Å². The lowest BCUT2D eigenvalue weighted by Gasteiger charge is -1.97. The van der Waals surface area contributed by atoms with E-state index in [4.69, 9.17) is 13.8 Å². The average Bonchev–Trinajstić information content (AvgIpc) is 3.37. The fourth-order valence-electron chi connectivity index (χ4n) is 2.63. The summed E-state index contributed by atoms with van der Waals surface area (Å²) < 4.78 is 15.9. The molecule has 24 heavy (non-hydrogen) atoms. The molecule has 0 bridgehead atoms. The Hall–Kier alpha value is -2.61. The lowest BCUT2D eigenvalue weighted by molar-refractivity contribution is 0.192. The van der Waals surface area contributed by atoms with E-state index in [-0.39, 0.29) is 5.92 Å². The van der Waals surface area contributed by atoms with E-state index in [0.717, 1.165) is 30.8 Å². The molecule has 3 aromatic heterocycles. The first-order valence-electron chi connectivity index (χ1n) is 8.02. The molecule has 4 heterocycles. The van der Waals surface area contributed by atoms with Gasteiger partial charge in [0.05, 0.1) is 6.61 Å². The maximum Gasteiger partial charge on any atom is 0.226 e. The zero-order valence-corrected chi connectivity index (χ0v) is 13.1. The Bertz CT molecular complexity index is 780. The molecule has 8 heteroatoms. The molecule has 0 aromatic carbocycles. The Morgan fingerprint density at radius 2 is 1.96 bits per heavy atom. The maximum atomic E-state index is 5.34. The normalized spacial score (nSPS) is 17.4. The van der Waals surface area contributed by atoms with E-state index >= 15 is 0 Å². The number of rotatable bonds is 6. The maximum absolute atomic E-state index is 5.34. The third kappa shape index (κ3) is 3.33. The first-order chi connectivity index (χ1) is 11.9. The molecule has 1 fully saturated rings. The summed E-state index contributed by atoms with van der Waals surface area (Å²) in [5.74, 6) is 2.81. The number of aryl methyl sites for hydroxylation is 2. The van der Waals surface area contributed by atoms with Gasteiger partial charge in [-0.2, -0.15) is 9.97 Å². The molecule has 0 aliphatic carbocycles. The summed E-state index contributed by atoms with van der Waals surface area (Å²) in [6, 6.07) is 3.74. The van der Waals surface area contributed by atoms with Crippen LogP contribution in [0, 0.1) is 0 Å². The van der Waals surface area contributed by atoms with Crippen LogP contribution >= 0.6 is 0 Å². The average molecular weight is 327 g/mol. The molecule has 0 saturated carbocycles. The van der Waals surface area contributed by atoms with E-state index in [1.165, 1.54) is 0 Å². The summed E-state index contributed by atoms with van der Waals surface area (Å²) in [7, 11) is 0. The van der Waals surface area contributed by atoms with Gasteiger partial charge < -0.3 is 13.8 Å². The molecule has 0 N–H and O–H groups in total. The van der Waals surface area contributed by atoms with Gasteiger partial charge in [-0.1, -0.05) is 10.3 Å². The number of ether oxygens (including phenoxy) is 1. The van der Waals surface area contributed by atoms with Crippen LogP contribution in [0.3, 0.4) is 0 Å². The molecular weight excluding hydrogens is 310 g/mol. The van der Waals surface area contributed by atoms with Crippen molar-refractivity contribution in [1.29, 1.82) is 0 Å². The predicted molar refractivity (Wildman–Crippen MR) is 82.0 cm³/mol. The van der Waals surface area contributed by atoms with Gasteiger partial charge >= 0.3 is 0 Å². The number of hydrogen-bond donors (Lipinski definition) is 0. The van der Waals surface area contributed by atoms with Crippen molar-refractivity contribution in [3.63, 3.8) is 0 Å². The third-order valence-corrected chi connectivity index (χ3v) is 3.95. The summed E-state index contributed by atoms with van der Waals surface area (Å²) in [5, 5.41) is 8.02. The van der Waals surface area contributed by atoms with Crippen LogP contribution in [0.1, 0.15) is 36.4 Å². The highest BCUT2D eigenvalue weighted by Crippen LogP contribution is 2.22. The van der Waals surface area contributed by atoms with E-state index in [9.17, 15) is 0 Å². The highest BCUT2D eigenvalue weighted by Gasteiger charge is 2.23. The van der Waals surface area contributed by atoms with Crippen LogP contribution in [0.25, 0.3) is 11.4 Å². The van der Waals surface area contributed by atoms with Crippen molar-refractivity contribution in [3.8, 4) is 11.4 Å². The van der Waals surface area contributed by atoms with Crippen LogP contribution in [-0.4, -0.2) is 38.5 Å². The van der Waals surface area contributed by atoms with Crippen molar-refractivity contribution < 1.29 is 13.8 Å². The minimum Gasteiger partial charge on any atom is -0.381 e. The molecule has 8 nitrogen and oxygen atoms in total. The Morgan fingerprint density at radius 1 is 1.08 bits per heavy atom. The van der Waals surface area contributed by atoms with Gasteiger partial charge in [0.2, 0.25) is 17.6 Å². The highest BCUT2D eigenvalue weighted by atomic mass is 16.5. The van der Waals surface area contributed by atoms with Crippen LogP contribution in [0.4, 0.5) is 0 Å². The Balaban J connectivity index is 1.31. The lowest BCUT2D eigenvalue weighted by atomic mass is 10.1. The molecule has 1 saturated heterocycles. The summed E-state index contributed by atoms with van der Waals surface area (Å²) in [6.07, 6.45) is 6.53. The van der Waals surface area contributed by atoms with Crippen LogP contribution in [0.2, 0.25) is 0 Å². The first-order valence-corrected chi connectivity index (χ1v) is 8.02. The number of hydrogen-bond acceptors (Lipinski definition) is 8.